The van der Waals surface area contributed by atoms with Crippen LogP contribution in [-0.4, -0.2) is 125 Å². The zero-order valence-electron chi connectivity index (χ0n) is 29.1. The van der Waals surface area contributed by atoms with Crippen molar-refractivity contribution in [3.63, 3.8) is 0 Å². The number of benzene rings is 2. The molecule has 0 unspecified atom stereocenters. The Morgan fingerprint density at radius 2 is 0.596 bits per heavy atom. The lowest BCUT2D eigenvalue weighted by atomic mass is 9.71. The van der Waals surface area contributed by atoms with Crippen LogP contribution in [0.5, 0.6) is 11.5 Å². The van der Waals surface area contributed by atoms with Gasteiger partial charge in [0, 0.05) is 22.3 Å². The van der Waals surface area contributed by atoms with Gasteiger partial charge in [0.05, 0.1) is 84.6 Å². The molecule has 2 aromatic rings. The third-order valence-corrected chi connectivity index (χ3v) is 6.83. The van der Waals surface area contributed by atoms with Gasteiger partial charge in [0.25, 0.3) is 0 Å². The van der Waals surface area contributed by atoms with Gasteiger partial charge < -0.3 is 124 Å². The molecule has 276 valence electrons. The van der Waals surface area contributed by atoms with E-state index in [2.05, 4.69) is 0 Å². The van der Waals surface area contributed by atoms with Crippen LogP contribution in [0, 0.1) is 0 Å². The highest BCUT2D eigenvalue weighted by Gasteiger charge is 2.73. The fourth-order valence-corrected chi connectivity index (χ4v) is 5.46. The van der Waals surface area contributed by atoms with Crippen molar-refractivity contribution in [2.75, 3.05) is 84.6 Å². The Morgan fingerprint density at radius 1 is 0.426 bits per heavy atom. The van der Waals surface area contributed by atoms with Gasteiger partial charge in [0.15, 0.2) is 0 Å². The van der Waals surface area contributed by atoms with Crippen molar-refractivity contribution >= 4 is 0 Å². The van der Waals surface area contributed by atoms with Gasteiger partial charge in [-0.1, -0.05) is 0 Å². The third kappa shape index (κ3) is 13.5. The van der Waals surface area contributed by atoms with E-state index >= 15 is 26.3 Å². The molecule has 0 aliphatic rings. The highest BCUT2D eigenvalue weighted by Crippen LogP contribution is 2.58. The van der Waals surface area contributed by atoms with Crippen molar-refractivity contribution in [3.05, 3.63) is 57.6 Å². The van der Waals surface area contributed by atoms with Gasteiger partial charge in [-0.05, 0) is 35.4 Å². The molecule has 2 N–H and O–H groups in total. The first kappa shape index (κ1) is 51.7. The van der Waals surface area contributed by atoms with Crippen LogP contribution in [-0.2, 0) is 31.6 Å². The first-order valence-electron chi connectivity index (χ1n) is 13.9. The van der Waals surface area contributed by atoms with E-state index in [0.29, 0.717) is 0 Å². The molecule has 0 radical (unpaired) electrons. The van der Waals surface area contributed by atoms with Crippen LogP contribution >= 0.6 is 0 Å². The SMILES string of the molecule is C[N+](C)(C)Cc1cc(C(c2cc(C[N+](C)(C)C)c(O)c(C[N+](C)(C)C)c2)(C(F)(F)F)C(F)(F)F)cc(C[N+](C)(C)C)c1O.[I-].[I-].[I-].[I-]. The number of aromatic hydroxyl groups is 2. The Morgan fingerprint density at radius 3 is 0.723 bits per heavy atom. The predicted molar refractivity (Wildman–Crippen MR) is 156 cm³/mol. The lowest BCUT2D eigenvalue weighted by Gasteiger charge is -2.40. The fourth-order valence-electron chi connectivity index (χ4n) is 5.46. The van der Waals surface area contributed by atoms with Gasteiger partial charge in [-0.15, -0.1) is 0 Å². The summed E-state index contributed by atoms with van der Waals surface area (Å²) in [6.07, 6.45) is -11.7. The smallest absolute Gasteiger partial charge is 0.411 e. The molecule has 0 spiro atoms. The van der Waals surface area contributed by atoms with Gasteiger partial charge in [-0.25, -0.2) is 0 Å². The molecule has 47 heavy (non-hydrogen) atoms. The average molecular weight is 1130 g/mol. The van der Waals surface area contributed by atoms with Gasteiger partial charge in [-0.2, -0.15) is 26.3 Å². The first-order chi connectivity index (χ1) is 18.9. The Labute approximate surface area is 344 Å². The Hall–Kier alpha value is 0.380. The molecule has 6 nitrogen and oxygen atoms in total. The van der Waals surface area contributed by atoms with Gasteiger partial charge >= 0.3 is 12.4 Å². The number of nitrogens with zero attached hydrogens (tertiary/aromatic N) is 4. The summed E-state index contributed by atoms with van der Waals surface area (Å²) in [6.45, 7) is -0.0369. The fraction of sp³-hybridized carbons (Fsp3) is 0.613. The lowest BCUT2D eigenvalue weighted by Crippen LogP contribution is -3.00. The number of hydrogen-bond donors (Lipinski definition) is 2. The van der Waals surface area contributed by atoms with Crippen LogP contribution in [0.25, 0.3) is 0 Å². The molecule has 16 heteroatoms. The number of quaternary nitrogens is 4. The monoisotopic (exact) mass is 1130 g/mol. The summed E-state index contributed by atoms with van der Waals surface area (Å²) in [6, 6.07) is 3.41. The predicted octanol–water partition coefficient (Wildman–Crippen LogP) is -6.65. The molecule has 0 bridgehead atoms. The van der Waals surface area contributed by atoms with Crippen molar-refractivity contribution in [2.24, 2.45) is 0 Å². The summed E-state index contributed by atoms with van der Waals surface area (Å²) in [7, 11) is 20.8. The van der Waals surface area contributed by atoms with E-state index in [0.717, 1.165) is 24.3 Å². The molecule has 0 aromatic heterocycles. The quantitative estimate of drug-likeness (QED) is 0.142. The van der Waals surface area contributed by atoms with E-state index in [1.165, 1.54) is 0 Å². The Bertz CT molecular complexity index is 1150. The maximum atomic E-state index is 15.5. The molecule has 0 amide bonds. The van der Waals surface area contributed by atoms with E-state index in [4.69, 9.17) is 0 Å². The highest BCUT2D eigenvalue weighted by atomic mass is 127. The summed E-state index contributed by atoms with van der Waals surface area (Å²) in [5.41, 5.74) is -6.52. The molecule has 0 atom stereocenters. The summed E-state index contributed by atoms with van der Waals surface area (Å²) >= 11 is 0. The van der Waals surface area contributed by atoms with E-state index in [9.17, 15) is 10.2 Å². The Balaban J connectivity index is -0.00000484. The van der Waals surface area contributed by atoms with E-state index in [1.54, 1.807) is 84.6 Å². The summed E-state index contributed by atoms with van der Waals surface area (Å²) in [4.78, 5) is 0. The lowest BCUT2D eigenvalue weighted by molar-refractivity contribution is -0.884. The highest BCUT2D eigenvalue weighted by molar-refractivity contribution is 5.55. The van der Waals surface area contributed by atoms with Crippen molar-refractivity contribution in [3.8, 4) is 11.5 Å². The summed E-state index contributed by atoms with van der Waals surface area (Å²) in [5, 5.41) is 22.3. The molecule has 0 aliphatic heterocycles. The first-order valence-corrected chi connectivity index (χ1v) is 13.9. The van der Waals surface area contributed by atoms with E-state index in [-0.39, 0.29) is 174 Å². The normalized spacial score (nSPS) is 13.1. The average Bonchev–Trinajstić information content (AvgIpc) is 2.68. The third-order valence-electron chi connectivity index (χ3n) is 6.83. The topological polar surface area (TPSA) is 40.5 Å². The number of hydrogen-bond acceptors (Lipinski definition) is 2. The summed E-state index contributed by atoms with van der Waals surface area (Å²) < 4.78 is 93.4. The number of halogens is 10. The second kappa shape index (κ2) is 17.3. The number of alkyl halides is 6. The molecular formula is C31H50F6I4N4O2. The van der Waals surface area contributed by atoms with Crippen LogP contribution < -0.4 is 95.9 Å². The van der Waals surface area contributed by atoms with Crippen molar-refractivity contribution in [2.45, 2.75) is 43.9 Å². The van der Waals surface area contributed by atoms with Crippen LogP contribution in [0.15, 0.2) is 24.3 Å². The number of phenolic OH excluding ortho intramolecular Hbond substituents is 2. The van der Waals surface area contributed by atoms with Gasteiger partial charge in [-0.3, -0.25) is 0 Å². The van der Waals surface area contributed by atoms with Crippen molar-refractivity contribution < 1.29 is 150 Å². The van der Waals surface area contributed by atoms with Gasteiger partial charge in [0.2, 0.25) is 5.41 Å². The zero-order valence-corrected chi connectivity index (χ0v) is 37.7. The molecule has 0 aliphatic carbocycles. The van der Waals surface area contributed by atoms with Crippen LogP contribution in [0.2, 0.25) is 0 Å². The van der Waals surface area contributed by atoms with Gasteiger partial charge in [0.1, 0.15) is 37.7 Å². The molecule has 0 saturated carbocycles. The van der Waals surface area contributed by atoms with Crippen LogP contribution in [0.3, 0.4) is 0 Å². The minimum Gasteiger partial charge on any atom is -1.00 e. The maximum Gasteiger partial charge on any atom is 0.411 e. The molecule has 0 heterocycles. The minimum absolute atomic E-state index is 0. The zero-order chi connectivity index (χ0) is 33.8. The minimum atomic E-state index is -5.83. The Kier molecular flexibility index (Phi) is 19.0. The van der Waals surface area contributed by atoms with Crippen molar-refractivity contribution in [1.82, 2.24) is 0 Å². The van der Waals surface area contributed by atoms with Crippen LogP contribution in [0.1, 0.15) is 33.4 Å². The largest absolute Gasteiger partial charge is 1.00 e. The second-order valence-electron chi connectivity index (χ2n) is 15.8. The van der Waals surface area contributed by atoms with Crippen LogP contribution in [0.4, 0.5) is 26.3 Å². The standard InChI is InChI=1S/C31H48F6N4O2.4HI/c1-38(2,3)17-21-13-25(14-22(27(21)42)18-39(4,5)6)29(30(32,33)34,31(35,36)37)26-15-23(19-40(7,8)9)28(43)24(16-26)20-41(10,11)12;;;;/h13-16H,17-20H2,1-12H3;4*1H/q+2;;;;/p-2. The molecule has 0 saturated heterocycles. The number of phenols is 2. The van der Waals surface area contributed by atoms with E-state index < -0.39 is 28.9 Å². The number of rotatable bonds is 10. The molecule has 0 fully saturated rings. The molecule has 2 aromatic carbocycles. The molecule has 2 rings (SSSR count). The molecular weight excluding hydrogens is 1080 g/mol. The summed E-state index contributed by atoms with van der Waals surface area (Å²) in [5.74, 6) is -0.629. The maximum absolute atomic E-state index is 15.5. The van der Waals surface area contributed by atoms with E-state index in [1.807, 2.05) is 0 Å². The second-order valence-corrected chi connectivity index (χ2v) is 15.8. The van der Waals surface area contributed by atoms with Crippen molar-refractivity contribution in [1.29, 1.82) is 0 Å².